The Balaban J connectivity index is 2.62. The zero-order valence-electron chi connectivity index (χ0n) is 9.33. The molecular weight excluding hydrogens is 322 g/mol. The van der Waals surface area contributed by atoms with Crippen LogP contribution in [0, 0.1) is 5.82 Å². The lowest BCUT2D eigenvalue weighted by atomic mass is 10.2. The van der Waals surface area contributed by atoms with E-state index in [-0.39, 0.29) is 15.6 Å². The average Bonchev–Trinajstić information content (AvgIpc) is 2.71. The smallest absolute Gasteiger partial charge is 0.435 e. The number of rotatable bonds is 2. The summed E-state index contributed by atoms with van der Waals surface area (Å²) in [4.78, 5) is 13.1. The highest BCUT2D eigenvalue weighted by Crippen LogP contribution is 2.38. The van der Waals surface area contributed by atoms with Crippen molar-refractivity contribution < 1.29 is 27.5 Å². The molecule has 3 nitrogen and oxygen atoms in total. The first-order chi connectivity index (χ1) is 9.18. The SMILES string of the molecule is O=C(O)c1sc(-c2cc(F)cc(Cl)c2)nc1C(F)(F)F. The summed E-state index contributed by atoms with van der Waals surface area (Å²) < 4.78 is 51.2. The third kappa shape index (κ3) is 2.91. The highest BCUT2D eigenvalue weighted by Gasteiger charge is 2.39. The molecule has 0 aliphatic carbocycles. The van der Waals surface area contributed by atoms with Crippen LogP contribution in [0.15, 0.2) is 18.2 Å². The van der Waals surface area contributed by atoms with E-state index >= 15 is 0 Å². The fraction of sp³-hybridized carbons (Fsp3) is 0.0909. The van der Waals surface area contributed by atoms with Crippen molar-refractivity contribution in [2.45, 2.75) is 6.18 Å². The van der Waals surface area contributed by atoms with Crippen LogP contribution in [0.3, 0.4) is 0 Å². The van der Waals surface area contributed by atoms with Gasteiger partial charge in [0.05, 0.1) is 0 Å². The molecule has 0 unspecified atom stereocenters. The summed E-state index contributed by atoms with van der Waals surface area (Å²) in [5.74, 6) is -2.50. The first kappa shape index (κ1) is 14.7. The van der Waals surface area contributed by atoms with Gasteiger partial charge in [0.15, 0.2) is 5.69 Å². The van der Waals surface area contributed by atoms with Gasteiger partial charge < -0.3 is 5.11 Å². The molecule has 1 heterocycles. The van der Waals surface area contributed by atoms with Crippen molar-refractivity contribution in [1.29, 1.82) is 0 Å². The van der Waals surface area contributed by atoms with E-state index in [1.165, 1.54) is 6.07 Å². The molecule has 0 bridgehead atoms. The maximum absolute atomic E-state index is 13.2. The Kier molecular flexibility index (Phi) is 3.70. The molecule has 0 saturated carbocycles. The van der Waals surface area contributed by atoms with Crippen LogP contribution in [-0.4, -0.2) is 16.1 Å². The molecular formula is C11H4ClF4NO2S. The summed E-state index contributed by atoms with van der Waals surface area (Å²) in [6.07, 6.45) is -4.90. The molecule has 1 N–H and O–H groups in total. The summed E-state index contributed by atoms with van der Waals surface area (Å²) in [5, 5.41) is 8.47. The number of hydrogen-bond acceptors (Lipinski definition) is 3. The van der Waals surface area contributed by atoms with Gasteiger partial charge in [-0.3, -0.25) is 0 Å². The number of carboxylic acids is 1. The van der Waals surface area contributed by atoms with Crippen molar-refractivity contribution in [2.24, 2.45) is 0 Å². The first-order valence-electron chi connectivity index (χ1n) is 4.96. The molecule has 0 amide bonds. The lowest BCUT2D eigenvalue weighted by Gasteiger charge is -2.02. The molecule has 106 valence electrons. The second-order valence-corrected chi connectivity index (χ2v) is 5.09. The van der Waals surface area contributed by atoms with Crippen LogP contribution < -0.4 is 0 Å². The van der Waals surface area contributed by atoms with E-state index in [4.69, 9.17) is 16.7 Å². The zero-order chi connectivity index (χ0) is 15.1. The van der Waals surface area contributed by atoms with Crippen molar-refractivity contribution in [3.63, 3.8) is 0 Å². The van der Waals surface area contributed by atoms with E-state index < -0.39 is 28.5 Å². The summed E-state index contributed by atoms with van der Waals surface area (Å²) >= 11 is 5.91. The summed E-state index contributed by atoms with van der Waals surface area (Å²) in [5.41, 5.74) is -1.52. The van der Waals surface area contributed by atoms with Crippen LogP contribution in [0.4, 0.5) is 17.6 Å². The highest BCUT2D eigenvalue weighted by atomic mass is 35.5. The molecule has 2 aromatic rings. The number of nitrogens with zero attached hydrogens (tertiary/aromatic N) is 1. The van der Waals surface area contributed by atoms with Crippen LogP contribution >= 0.6 is 22.9 Å². The van der Waals surface area contributed by atoms with E-state index in [1.807, 2.05) is 0 Å². The fourth-order valence-electron chi connectivity index (χ4n) is 1.46. The van der Waals surface area contributed by atoms with Crippen LogP contribution in [0.2, 0.25) is 5.02 Å². The zero-order valence-corrected chi connectivity index (χ0v) is 10.9. The van der Waals surface area contributed by atoms with Gasteiger partial charge >= 0.3 is 12.1 Å². The quantitative estimate of drug-likeness (QED) is 0.837. The van der Waals surface area contributed by atoms with Crippen LogP contribution in [0.1, 0.15) is 15.4 Å². The minimum atomic E-state index is -4.90. The Morgan fingerprint density at radius 3 is 2.40 bits per heavy atom. The molecule has 0 fully saturated rings. The maximum atomic E-state index is 13.2. The minimum absolute atomic E-state index is 0.0157. The number of aromatic carboxylic acids is 1. The minimum Gasteiger partial charge on any atom is -0.477 e. The molecule has 0 aliphatic rings. The summed E-state index contributed by atoms with van der Waals surface area (Å²) in [6, 6.07) is 3.10. The van der Waals surface area contributed by atoms with Crippen molar-refractivity contribution in [3.05, 3.63) is 39.6 Å². The van der Waals surface area contributed by atoms with Gasteiger partial charge in [-0.1, -0.05) is 11.6 Å². The number of carboxylic acid groups (broad SMARTS) is 1. The number of aromatic nitrogens is 1. The second kappa shape index (κ2) is 5.02. The number of hydrogen-bond donors (Lipinski definition) is 1. The predicted octanol–water partition coefficient (Wildman–Crippen LogP) is 4.32. The Morgan fingerprint density at radius 1 is 1.30 bits per heavy atom. The number of carbonyl (C=O) groups is 1. The van der Waals surface area contributed by atoms with E-state index in [0.29, 0.717) is 11.3 Å². The molecule has 0 aliphatic heterocycles. The van der Waals surface area contributed by atoms with Gasteiger partial charge in [-0.25, -0.2) is 14.2 Å². The van der Waals surface area contributed by atoms with Crippen molar-refractivity contribution >= 4 is 28.9 Å². The molecule has 0 spiro atoms. The fourth-order valence-corrected chi connectivity index (χ4v) is 2.59. The third-order valence-electron chi connectivity index (χ3n) is 2.20. The molecule has 0 radical (unpaired) electrons. The van der Waals surface area contributed by atoms with Gasteiger partial charge in [-0.2, -0.15) is 13.2 Å². The first-order valence-corrected chi connectivity index (χ1v) is 6.15. The molecule has 2 rings (SSSR count). The number of alkyl halides is 3. The van der Waals surface area contributed by atoms with E-state index in [0.717, 1.165) is 12.1 Å². The van der Waals surface area contributed by atoms with Gasteiger partial charge in [0.1, 0.15) is 15.7 Å². The molecule has 20 heavy (non-hydrogen) atoms. The van der Waals surface area contributed by atoms with Crippen molar-refractivity contribution in [3.8, 4) is 10.6 Å². The average molecular weight is 326 g/mol. The van der Waals surface area contributed by atoms with Gasteiger partial charge in [0, 0.05) is 10.6 Å². The van der Waals surface area contributed by atoms with Crippen LogP contribution in [-0.2, 0) is 6.18 Å². The third-order valence-corrected chi connectivity index (χ3v) is 3.51. The Labute approximate surface area is 118 Å². The molecule has 0 saturated heterocycles. The van der Waals surface area contributed by atoms with Crippen LogP contribution in [0.5, 0.6) is 0 Å². The van der Waals surface area contributed by atoms with Gasteiger partial charge in [-0.15, -0.1) is 11.3 Å². The monoisotopic (exact) mass is 325 g/mol. The predicted molar refractivity (Wildman–Crippen MR) is 64.5 cm³/mol. The normalized spacial score (nSPS) is 11.7. The maximum Gasteiger partial charge on any atom is 0.435 e. The van der Waals surface area contributed by atoms with Gasteiger partial charge in [0.2, 0.25) is 0 Å². The lowest BCUT2D eigenvalue weighted by molar-refractivity contribution is -0.141. The molecule has 1 aromatic heterocycles. The standard InChI is InChI=1S/C11H4ClF4NO2S/c12-5-1-4(2-6(13)3-5)9-17-8(11(14,15)16)7(20-9)10(18)19/h1-3H,(H,18,19). The van der Waals surface area contributed by atoms with Crippen molar-refractivity contribution in [1.82, 2.24) is 4.98 Å². The molecule has 1 aromatic carbocycles. The summed E-state index contributed by atoms with van der Waals surface area (Å²) in [6.45, 7) is 0. The number of thiazole rings is 1. The Bertz CT molecular complexity index is 663. The number of halogens is 5. The molecule has 0 atom stereocenters. The summed E-state index contributed by atoms with van der Waals surface area (Å²) in [7, 11) is 0. The second-order valence-electron chi connectivity index (χ2n) is 3.66. The highest BCUT2D eigenvalue weighted by molar-refractivity contribution is 7.17. The van der Waals surface area contributed by atoms with E-state index in [9.17, 15) is 22.4 Å². The van der Waals surface area contributed by atoms with E-state index in [1.54, 1.807) is 0 Å². The Morgan fingerprint density at radius 2 is 1.95 bits per heavy atom. The topological polar surface area (TPSA) is 50.2 Å². The van der Waals surface area contributed by atoms with Gasteiger partial charge in [-0.05, 0) is 18.2 Å². The largest absolute Gasteiger partial charge is 0.477 e. The van der Waals surface area contributed by atoms with Crippen molar-refractivity contribution in [2.75, 3.05) is 0 Å². The van der Waals surface area contributed by atoms with Gasteiger partial charge in [0.25, 0.3) is 0 Å². The molecule has 9 heteroatoms. The van der Waals surface area contributed by atoms with Crippen LogP contribution in [0.25, 0.3) is 10.6 Å². The number of benzene rings is 1. The van der Waals surface area contributed by atoms with E-state index in [2.05, 4.69) is 4.98 Å². The lowest BCUT2D eigenvalue weighted by Crippen LogP contribution is -2.11. The Hall–Kier alpha value is -1.67.